The van der Waals surface area contributed by atoms with E-state index in [0.29, 0.717) is 12.5 Å². The molecule has 1 aromatic rings. The first-order valence-corrected chi connectivity index (χ1v) is 6.19. The summed E-state index contributed by atoms with van der Waals surface area (Å²) in [6.07, 6.45) is 2.02. The molecular weight excluding hydrogens is 250 g/mol. The molecule has 18 heavy (non-hydrogen) atoms. The molecule has 3 nitrogen and oxygen atoms in total. The van der Waals surface area contributed by atoms with Crippen LogP contribution in [-0.4, -0.2) is 18.6 Å². The number of benzene rings is 1. The van der Waals surface area contributed by atoms with Crippen LogP contribution < -0.4 is 5.32 Å². The van der Waals surface area contributed by atoms with Gasteiger partial charge in [0.05, 0.1) is 0 Å². The fourth-order valence-corrected chi connectivity index (χ4v) is 2.12. The molecular formula is C14H20ClNO2. The Balaban J connectivity index is 0.00000162. The monoisotopic (exact) mass is 269 g/mol. The Bertz CT molecular complexity index is 369. The van der Waals surface area contributed by atoms with Gasteiger partial charge in [-0.25, -0.2) is 0 Å². The van der Waals surface area contributed by atoms with Gasteiger partial charge in [-0.3, -0.25) is 4.79 Å². The smallest absolute Gasteiger partial charge is 0.323 e. The number of carbonyl (C=O) groups is 1. The first-order chi connectivity index (χ1) is 8.25. The fraction of sp³-hybridized carbons (Fsp3) is 0.500. The summed E-state index contributed by atoms with van der Waals surface area (Å²) in [5.41, 5.74) is 1.03. The number of halogens is 1. The van der Waals surface area contributed by atoms with Gasteiger partial charge in [0.2, 0.25) is 0 Å². The molecule has 0 amide bonds. The highest BCUT2D eigenvalue weighted by molar-refractivity contribution is 5.85. The zero-order chi connectivity index (χ0) is 12.1. The van der Waals surface area contributed by atoms with Crippen LogP contribution >= 0.6 is 12.4 Å². The Morgan fingerprint density at radius 2 is 2.11 bits per heavy atom. The molecule has 1 fully saturated rings. The maximum atomic E-state index is 11.8. The van der Waals surface area contributed by atoms with Gasteiger partial charge in [0.25, 0.3) is 0 Å². The second-order valence-corrected chi connectivity index (χ2v) is 4.73. The summed E-state index contributed by atoms with van der Waals surface area (Å²) < 4.78 is 5.31. The summed E-state index contributed by atoms with van der Waals surface area (Å²) in [6, 6.07) is 9.65. The standard InChI is InChI=1S/C14H19NO2.ClH/c1-11-7-8-15-13(9-11)14(16)17-10-12-5-3-2-4-6-12;/h2-6,11,13,15H,7-10H2,1H3;1H/t11-,13-;/m0./s1. The van der Waals surface area contributed by atoms with Gasteiger partial charge in [0, 0.05) is 0 Å². The van der Waals surface area contributed by atoms with Crippen LogP contribution in [0.15, 0.2) is 30.3 Å². The lowest BCUT2D eigenvalue weighted by molar-refractivity contribution is -0.148. The van der Waals surface area contributed by atoms with Gasteiger partial charge in [-0.05, 0) is 30.9 Å². The van der Waals surface area contributed by atoms with E-state index < -0.39 is 0 Å². The van der Waals surface area contributed by atoms with Crippen molar-refractivity contribution in [3.8, 4) is 0 Å². The molecule has 0 unspecified atom stereocenters. The molecule has 1 saturated heterocycles. The van der Waals surface area contributed by atoms with Crippen molar-refractivity contribution in [3.05, 3.63) is 35.9 Å². The van der Waals surface area contributed by atoms with Crippen molar-refractivity contribution in [2.45, 2.75) is 32.4 Å². The van der Waals surface area contributed by atoms with Crippen LogP contribution in [0.3, 0.4) is 0 Å². The molecule has 0 spiro atoms. The van der Waals surface area contributed by atoms with E-state index in [1.807, 2.05) is 30.3 Å². The van der Waals surface area contributed by atoms with E-state index in [9.17, 15) is 4.79 Å². The van der Waals surface area contributed by atoms with Crippen LogP contribution in [0.5, 0.6) is 0 Å². The fourth-order valence-electron chi connectivity index (χ4n) is 2.12. The SMILES string of the molecule is C[C@H]1CCN[C@H](C(=O)OCc2ccccc2)C1.Cl. The van der Waals surface area contributed by atoms with Gasteiger partial charge in [-0.15, -0.1) is 12.4 Å². The lowest BCUT2D eigenvalue weighted by atomic mass is 9.94. The van der Waals surface area contributed by atoms with Crippen molar-refractivity contribution in [2.75, 3.05) is 6.54 Å². The molecule has 1 aromatic carbocycles. The predicted molar refractivity (Wildman–Crippen MR) is 73.7 cm³/mol. The lowest BCUT2D eigenvalue weighted by Crippen LogP contribution is -2.43. The number of hydrogen-bond donors (Lipinski definition) is 1. The first kappa shape index (κ1) is 15.0. The summed E-state index contributed by atoms with van der Waals surface area (Å²) in [5, 5.41) is 3.21. The number of carbonyl (C=O) groups excluding carboxylic acids is 1. The number of esters is 1. The van der Waals surface area contributed by atoms with E-state index in [2.05, 4.69) is 12.2 Å². The topological polar surface area (TPSA) is 38.3 Å². The Hall–Kier alpha value is -1.06. The molecule has 0 aromatic heterocycles. The average Bonchev–Trinajstić information content (AvgIpc) is 2.37. The van der Waals surface area contributed by atoms with Crippen molar-refractivity contribution in [1.82, 2.24) is 5.32 Å². The molecule has 0 bridgehead atoms. The third-order valence-corrected chi connectivity index (χ3v) is 3.17. The minimum Gasteiger partial charge on any atom is -0.460 e. The molecule has 2 rings (SSSR count). The van der Waals surface area contributed by atoms with Crippen molar-refractivity contribution in [3.63, 3.8) is 0 Å². The van der Waals surface area contributed by atoms with Crippen molar-refractivity contribution in [1.29, 1.82) is 0 Å². The zero-order valence-electron chi connectivity index (χ0n) is 10.6. The summed E-state index contributed by atoms with van der Waals surface area (Å²) >= 11 is 0. The number of piperidine rings is 1. The van der Waals surface area contributed by atoms with Crippen LogP contribution in [0.2, 0.25) is 0 Å². The molecule has 1 aliphatic heterocycles. The number of hydrogen-bond acceptors (Lipinski definition) is 3. The van der Waals surface area contributed by atoms with Gasteiger partial charge >= 0.3 is 5.97 Å². The first-order valence-electron chi connectivity index (χ1n) is 6.19. The molecule has 1 aliphatic rings. The van der Waals surface area contributed by atoms with Crippen LogP contribution in [0, 0.1) is 5.92 Å². The Morgan fingerprint density at radius 3 is 2.78 bits per heavy atom. The second-order valence-electron chi connectivity index (χ2n) is 4.73. The normalized spacial score (nSPS) is 22.9. The van der Waals surface area contributed by atoms with Crippen molar-refractivity contribution < 1.29 is 9.53 Å². The van der Waals surface area contributed by atoms with Gasteiger partial charge < -0.3 is 10.1 Å². The lowest BCUT2D eigenvalue weighted by Gasteiger charge is -2.26. The Kier molecular flexibility index (Phi) is 6.16. The number of nitrogens with one attached hydrogen (secondary N) is 1. The second kappa shape index (κ2) is 7.39. The number of ether oxygens (including phenoxy) is 1. The predicted octanol–water partition coefficient (Wildman–Crippen LogP) is 2.54. The summed E-state index contributed by atoms with van der Waals surface area (Å²) in [6.45, 7) is 3.46. The average molecular weight is 270 g/mol. The Morgan fingerprint density at radius 1 is 1.39 bits per heavy atom. The maximum absolute atomic E-state index is 11.8. The highest BCUT2D eigenvalue weighted by Crippen LogP contribution is 2.16. The molecule has 0 saturated carbocycles. The molecule has 0 aliphatic carbocycles. The molecule has 1 N–H and O–H groups in total. The van der Waals surface area contributed by atoms with Crippen molar-refractivity contribution in [2.24, 2.45) is 5.92 Å². The maximum Gasteiger partial charge on any atom is 0.323 e. The van der Waals surface area contributed by atoms with Crippen LogP contribution in [0.1, 0.15) is 25.3 Å². The van der Waals surface area contributed by atoms with Crippen molar-refractivity contribution >= 4 is 18.4 Å². The summed E-state index contributed by atoms with van der Waals surface area (Å²) in [4.78, 5) is 11.8. The van der Waals surface area contributed by atoms with Crippen LogP contribution in [0.25, 0.3) is 0 Å². The van der Waals surface area contributed by atoms with Crippen LogP contribution in [-0.2, 0) is 16.1 Å². The summed E-state index contributed by atoms with van der Waals surface area (Å²) in [5.74, 6) is 0.478. The third-order valence-electron chi connectivity index (χ3n) is 3.17. The van der Waals surface area contributed by atoms with E-state index in [-0.39, 0.29) is 24.4 Å². The van der Waals surface area contributed by atoms with Gasteiger partial charge in [-0.1, -0.05) is 37.3 Å². The molecule has 100 valence electrons. The van der Waals surface area contributed by atoms with E-state index in [4.69, 9.17) is 4.74 Å². The van der Waals surface area contributed by atoms with E-state index in [1.54, 1.807) is 0 Å². The quantitative estimate of drug-likeness (QED) is 0.857. The zero-order valence-corrected chi connectivity index (χ0v) is 11.4. The number of rotatable bonds is 3. The minimum atomic E-state index is -0.125. The largest absolute Gasteiger partial charge is 0.460 e. The van der Waals surface area contributed by atoms with E-state index in [1.165, 1.54) is 0 Å². The third kappa shape index (κ3) is 4.31. The molecule has 1 heterocycles. The minimum absolute atomic E-state index is 0. The van der Waals surface area contributed by atoms with Crippen LogP contribution in [0.4, 0.5) is 0 Å². The Labute approximate surface area is 114 Å². The summed E-state index contributed by atoms with van der Waals surface area (Å²) in [7, 11) is 0. The van der Waals surface area contributed by atoms with Gasteiger partial charge in [0.1, 0.15) is 12.6 Å². The molecule has 0 radical (unpaired) electrons. The highest BCUT2D eigenvalue weighted by Gasteiger charge is 2.25. The van der Waals surface area contributed by atoms with Gasteiger partial charge in [-0.2, -0.15) is 0 Å². The molecule has 2 atom stereocenters. The van der Waals surface area contributed by atoms with E-state index in [0.717, 1.165) is 24.9 Å². The van der Waals surface area contributed by atoms with E-state index >= 15 is 0 Å². The van der Waals surface area contributed by atoms with Gasteiger partial charge in [0.15, 0.2) is 0 Å². The highest BCUT2D eigenvalue weighted by atomic mass is 35.5. The molecule has 4 heteroatoms.